The molecule has 1 amide bonds. The van der Waals surface area contributed by atoms with Crippen LogP contribution in [0, 0.1) is 0 Å². The van der Waals surface area contributed by atoms with E-state index in [4.69, 9.17) is 23.2 Å². The Hall–Kier alpha value is -0.480. The average Bonchev–Trinajstić information content (AvgIpc) is 2.38. The summed E-state index contributed by atoms with van der Waals surface area (Å²) < 4.78 is 0. The van der Waals surface area contributed by atoms with E-state index in [9.17, 15) is 4.79 Å². The van der Waals surface area contributed by atoms with Gasteiger partial charge in [-0.15, -0.1) is 0 Å². The molecule has 1 aromatic rings. The minimum absolute atomic E-state index is 0. The molecule has 0 spiro atoms. The zero-order valence-corrected chi connectivity index (χ0v) is 14.1. The lowest BCUT2D eigenvalue weighted by atomic mass is 10.2. The van der Waals surface area contributed by atoms with Gasteiger partial charge >= 0.3 is 0 Å². The SMILES string of the molecule is CC[NH+](CC)CCCNC(=O)c1c(Cl)cccc1Cl.[Cl-]. The Bertz CT molecular complexity index is 403. The van der Waals surface area contributed by atoms with Crippen molar-refractivity contribution in [3.8, 4) is 0 Å². The van der Waals surface area contributed by atoms with Crippen LogP contribution < -0.4 is 22.6 Å². The van der Waals surface area contributed by atoms with Crippen LogP contribution >= 0.6 is 23.2 Å². The quantitative estimate of drug-likeness (QED) is 0.617. The Morgan fingerprint density at radius 2 is 1.75 bits per heavy atom. The molecule has 0 aliphatic rings. The Morgan fingerprint density at radius 3 is 2.25 bits per heavy atom. The van der Waals surface area contributed by atoms with Crippen LogP contribution in [0.5, 0.6) is 0 Å². The van der Waals surface area contributed by atoms with Crippen LogP contribution in [-0.4, -0.2) is 32.1 Å². The van der Waals surface area contributed by atoms with E-state index in [2.05, 4.69) is 19.2 Å². The summed E-state index contributed by atoms with van der Waals surface area (Å²) in [7, 11) is 0. The van der Waals surface area contributed by atoms with Crippen LogP contribution in [0.2, 0.25) is 10.0 Å². The third kappa shape index (κ3) is 5.88. The molecule has 0 saturated carbocycles. The number of rotatable bonds is 7. The molecular weight excluding hydrogens is 319 g/mol. The van der Waals surface area contributed by atoms with Gasteiger partial charge in [-0.2, -0.15) is 0 Å². The van der Waals surface area contributed by atoms with Crippen molar-refractivity contribution >= 4 is 29.1 Å². The van der Waals surface area contributed by atoms with Crippen molar-refractivity contribution in [2.75, 3.05) is 26.2 Å². The van der Waals surface area contributed by atoms with E-state index in [0.717, 1.165) is 26.1 Å². The fourth-order valence-corrected chi connectivity index (χ4v) is 2.52. The van der Waals surface area contributed by atoms with Gasteiger partial charge in [-0.25, -0.2) is 0 Å². The molecule has 0 unspecified atom stereocenters. The van der Waals surface area contributed by atoms with E-state index in [-0.39, 0.29) is 18.3 Å². The standard InChI is InChI=1S/C14H20Cl2N2O.ClH/c1-3-18(4-2)10-6-9-17-14(19)13-11(15)7-5-8-12(13)16;/h5,7-8H,3-4,6,9-10H2,1-2H3,(H,17,19);1H. The van der Waals surface area contributed by atoms with E-state index >= 15 is 0 Å². The normalized spacial score (nSPS) is 10.2. The molecular formula is C14H21Cl3N2O. The van der Waals surface area contributed by atoms with E-state index in [0.29, 0.717) is 22.2 Å². The first-order valence-corrected chi connectivity index (χ1v) is 7.41. The monoisotopic (exact) mass is 338 g/mol. The van der Waals surface area contributed by atoms with Crippen molar-refractivity contribution in [2.24, 2.45) is 0 Å². The van der Waals surface area contributed by atoms with Crippen molar-refractivity contribution in [3.63, 3.8) is 0 Å². The predicted octanol–water partition coefficient (Wildman–Crippen LogP) is -0.958. The highest BCUT2D eigenvalue weighted by atomic mass is 35.5. The molecule has 0 fully saturated rings. The molecule has 0 aromatic heterocycles. The van der Waals surface area contributed by atoms with E-state index < -0.39 is 0 Å². The van der Waals surface area contributed by atoms with E-state index in [1.54, 1.807) is 18.2 Å². The second kappa shape index (κ2) is 10.3. The molecule has 114 valence electrons. The molecule has 0 saturated heterocycles. The van der Waals surface area contributed by atoms with Gasteiger partial charge < -0.3 is 22.6 Å². The highest BCUT2D eigenvalue weighted by molar-refractivity contribution is 6.39. The van der Waals surface area contributed by atoms with E-state index in [1.807, 2.05) is 0 Å². The van der Waals surface area contributed by atoms with E-state index in [1.165, 1.54) is 4.90 Å². The zero-order chi connectivity index (χ0) is 14.3. The summed E-state index contributed by atoms with van der Waals surface area (Å²) in [5, 5.41) is 3.64. The molecule has 3 nitrogen and oxygen atoms in total. The lowest BCUT2D eigenvalue weighted by Crippen LogP contribution is -3.11. The summed E-state index contributed by atoms with van der Waals surface area (Å²) in [4.78, 5) is 13.5. The molecule has 0 heterocycles. The minimum atomic E-state index is -0.204. The van der Waals surface area contributed by atoms with Gasteiger partial charge in [0.2, 0.25) is 0 Å². The first-order chi connectivity index (χ1) is 9.10. The molecule has 0 aliphatic heterocycles. The van der Waals surface area contributed by atoms with Gasteiger partial charge in [-0.3, -0.25) is 4.79 Å². The molecule has 0 bridgehead atoms. The fourth-order valence-electron chi connectivity index (χ4n) is 1.95. The first-order valence-electron chi connectivity index (χ1n) is 6.65. The Balaban J connectivity index is 0.00000361. The van der Waals surface area contributed by atoms with Gasteiger partial charge in [-0.05, 0) is 26.0 Å². The number of halogens is 3. The lowest BCUT2D eigenvalue weighted by Gasteiger charge is -2.15. The number of nitrogens with one attached hydrogen (secondary N) is 2. The summed E-state index contributed by atoms with van der Waals surface area (Å²) in [6.45, 7) is 8.26. The maximum atomic E-state index is 12.0. The number of benzene rings is 1. The van der Waals surface area contributed by atoms with Crippen molar-refractivity contribution in [2.45, 2.75) is 20.3 Å². The summed E-state index contributed by atoms with van der Waals surface area (Å²) >= 11 is 12.0. The predicted molar refractivity (Wildman–Crippen MR) is 80.3 cm³/mol. The van der Waals surface area contributed by atoms with Gasteiger partial charge in [0.1, 0.15) is 0 Å². The third-order valence-electron chi connectivity index (χ3n) is 3.18. The Morgan fingerprint density at radius 1 is 1.20 bits per heavy atom. The van der Waals surface area contributed by atoms with Crippen LogP contribution in [0.15, 0.2) is 18.2 Å². The maximum absolute atomic E-state index is 12.0. The highest BCUT2D eigenvalue weighted by Gasteiger charge is 2.13. The number of hydrogen-bond acceptors (Lipinski definition) is 1. The first kappa shape index (κ1) is 19.5. The number of quaternary nitrogens is 1. The number of hydrogen-bond donors (Lipinski definition) is 2. The van der Waals surface area contributed by atoms with Crippen LogP contribution in [0.3, 0.4) is 0 Å². The largest absolute Gasteiger partial charge is 1.00 e. The van der Waals surface area contributed by atoms with Crippen LogP contribution in [0.25, 0.3) is 0 Å². The van der Waals surface area contributed by atoms with Gasteiger partial charge in [0.05, 0.1) is 35.2 Å². The van der Waals surface area contributed by atoms with Crippen LogP contribution in [0.1, 0.15) is 30.6 Å². The van der Waals surface area contributed by atoms with Crippen molar-refractivity contribution < 1.29 is 22.1 Å². The molecule has 0 radical (unpaired) electrons. The summed E-state index contributed by atoms with van der Waals surface area (Å²) in [6.07, 6.45) is 0.949. The second-order valence-electron chi connectivity index (χ2n) is 4.41. The Labute approximate surface area is 137 Å². The van der Waals surface area contributed by atoms with Crippen LogP contribution in [-0.2, 0) is 0 Å². The summed E-state index contributed by atoms with van der Waals surface area (Å²) in [5.74, 6) is -0.204. The van der Waals surface area contributed by atoms with Crippen LogP contribution in [0.4, 0.5) is 0 Å². The van der Waals surface area contributed by atoms with Crippen molar-refractivity contribution in [1.82, 2.24) is 5.32 Å². The number of carbonyl (C=O) groups excluding carboxylic acids is 1. The average molecular weight is 340 g/mol. The lowest BCUT2D eigenvalue weighted by molar-refractivity contribution is -0.896. The van der Waals surface area contributed by atoms with Gasteiger partial charge in [0.15, 0.2) is 0 Å². The highest BCUT2D eigenvalue weighted by Crippen LogP contribution is 2.23. The summed E-state index contributed by atoms with van der Waals surface area (Å²) in [5.41, 5.74) is 0.362. The zero-order valence-electron chi connectivity index (χ0n) is 11.8. The molecule has 1 rings (SSSR count). The van der Waals surface area contributed by atoms with Gasteiger partial charge in [-0.1, -0.05) is 29.3 Å². The smallest absolute Gasteiger partial charge is 0.254 e. The molecule has 0 atom stereocenters. The molecule has 0 aliphatic carbocycles. The molecule has 6 heteroatoms. The third-order valence-corrected chi connectivity index (χ3v) is 3.81. The topological polar surface area (TPSA) is 33.5 Å². The van der Waals surface area contributed by atoms with Gasteiger partial charge in [0, 0.05) is 13.0 Å². The number of carbonyl (C=O) groups is 1. The summed E-state index contributed by atoms with van der Waals surface area (Å²) in [6, 6.07) is 5.07. The molecule has 2 N–H and O–H groups in total. The number of amides is 1. The van der Waals surface area contributed by atoms with Gasteiger partial charge in [0.25, 0.3) is 5.91 Å². The fraction of sp³-hybridized carbons (Fsp3) is 0.500. The Kier molecular flexibility index (Phi) is 10.0. The van der Waals surface area contributed by atoms with Crippen molar-refractivity contribution in [3.05, 3.63) is 33.8 Å². The second-order valence-corrected chi connectivity index (χ2v) is 5.23. The van der Waals surface area contributed by atoms with Crippen molar-refractivity contribution in [1.29, 1.82) is 0 Å². The molecule has 20 heavy (non-hydrogen) atoms. The molecule has 1 aromatic carbocycles. The minimum Gasteiger partial charge on any atom is -1.00 e. The maximum Gasteiger partial charge on any atom is 0.254 e.